The van der Waals surface area contributed by atoms with E-state index in [-0.39, 0.29) is 30.5 Å². The van der Waals surface area contributed by atoms with E-state index in [4.69, 9.17) is 23.2 Å². The molecule has 0 fully saturated rings. The van der Waals surface area contributed by atoms with Gasteiger partial charge in [-0.1, -0.05) is 0 Å². The number of rotatable bonds is 6. The molecule has 4 aromatic rings. The van der Waals surface area contributed by atoms with Gasteiger partial charge in [0.05, 0.1) is 0 Å². The van der Waals surface area contributed by atoms with Crippen molar-refractivity contribution < 1.29 is 23.2 Å². The van der Waals surface area contributed by atoms with E-state index in [1.165, 1.54) is 38.1 Å². The van der Waals surface area contributed by atoms with E-state index in [2.05, 4.69) is 109 Å². The van der Waals surface area contributed by atoms with Crippen molar-refractivity contribution in [1.29, 1.82) is 0 Å². The normalized spacial score (nSPS) is 21.8. The van der Waals surface area contributed by atoms with Gasteiger partial charge in [0.2, 0.25) is 0 Å². The van der Waals surface area contributed by atoms with Gasteiger partial charge in [0, 0.05) is 0 Å². The van der Waals surface area contributed by atoms with Gasteiger partial charge >= 0.3 is 245 Å². The van der Waals surface area contributed by atoms with Gasteiger partial charge in [-0.2, -0.15) is 0 Å². The molecule has 2 unspecified atom stereocenters. The molecule has 7 heteroatoms. The zero-order valence-corrected chi connectivity index (χ0v) is 28.1. The fraction of sp³-hybridized carbons (Fsp3) is 0.0625. The molecule has 0 spiro atoms. The first kappa shape index (κ1) is 30.7. The van der Waals surface area contributed by atoms with Gasteiger partial charge in [-0.05, 0) is 0 Å². The second-order valence-corrected chi connectivity index (χ2v) is 19.2. The van der Waals surface area contributed by atoms with Gasteiger partial charge in [-0.3, -0.25) is 0 Å². The van der Waals surface area contributed by atoms with Gasteiger partial charge in [0.15, 0.2) is 0 Å². The van der Waals surface area contributed by atoms with Crippen molar-refractivity contribution in [2.75, 3.05) is 0 Å². The Morgan fingerprint density at radius 2 is 0.846 bits per heavy atom. The molecule has 2 atom stereocenters. The van der Waals surface area contributed by atoms with E-state index in [0.29, 0.717) is 0 Å². The van der Waals surface area contributed by atoms with Crippen molar-refractivity contribution in [3.8, 4) is 0 Å². The van der Waals surface area contributed by atoms with Gasteiger partial charge in [0.25, 0.3) is 0 Å². The maximum absolute atomic E-state index is 6.67. The summed E-state index contributed by atoms with van der Waals surface area (Å²) < 4.78 is -0.0511. The number of hydrogen-bond donors (Lipinski definition) is 0. The van der Waals surface area contributed by atoms with Crippen molar-refractivity contribution >= 4 is 75.0 Å². The van der Waals surface area contributed by atoms with Crippen molar-refractivity contribution in [2.24, 2.45) is 0 Å². The van der Waals surface area contributed by atoms with Crippen LogP contribution in [0, 0.1) is 0 Å². The molecule has 0 amide bonds. The van der Waals surface area contributed by atoms with Crippen LogP contribution >= 0.6 is 64.4 Å². The average molecular weight is 704 g/mol. The summed E-state index contributed by atoms with van der Waals surface area (Å²) in [5, 5.41) is 4.23. The van der Waals surface area contributed by atoms with E-state index >= 15 is 0 Å². The number of hydrogen-bond acceptors (Lipinski definition) is 0. The zero-order chi connectivity index (χ0) is 25.3. The number of allylic oxidation sites excluding steroid dienone is 4. The van der Waals surface area contributed by atoms with Crippen LogP contribution in [-0.2, 0) is 29.0 Å². The molecular formula is C32H24Cl4P2Zr. The van der Waals surface area contributed by atoms with Crippen molar-refractivity contribution in [3.63, 3.8) is 0 Å². The summed E-state index contributed by atoms with van der Waals surface area (Å²) in [5.41, 5.74) is 5.06. The third kappa shape index (κ3) is 6.18. The molecular weight excluding hydrogens is 679 g/mol. The van der Waals surface area contributed by atoms with Gasteiger partial charge in [0.1, 0.15) is 0 Å². The number of halogens is 4. The summed E-state index contributed by atoms with van der Waals surface area (Å²) in [5.74, 6) is 0. The predicted molar refractivity (Wildman–Crippen MR) is 174 cm³/mol. The molecule has 0 aromatic heterocycles. The van der Waals surface area contributed by atoms with Crippen LogP contribution in [0.15, 0.2) is 133 Å². The third-order valence-corrected chi connectivity index (χ3v) is 17.2. The van der Waals surface area contributed by atoms with Crippen molar-refractivity contribution in [1.82, 2.24) is 0 Å². The molecule has 0 N–H and O–H groups in total. The third-order valence-electron chi connectivity index (χ3n) is 6.67. The second-order valence-electron chi connectivity index (χ2n) is 9.01. The molecule has 2 aliphatic rings. The molecule has 0 saturated heterocycles. The predicted octanol–water partition coefficient (Wildman–Crippen LogP) is 10.4. The van der Waals surface area contributed by atoms with Crippen LogP contribution in [0.4, 0.5) is 0 Å². The van der Waals surface area contributed by atoms with Crippen LogP contribution in [0.3, 0.4) is 0 Å². The first-order valence-electron chi connectivity index (χ1n) is 12.1. The molecule has 0 aliphatic carbocycles. The molecule has 0 saturated carbocycles. The Kier molecular flexibility index (Phi) is 10.4. The molecule has 2 aliphatic heterocycles. The first-order valence-corrected chi connectivity index (χ1v) is 17.1. The summed E-state index contributed by atoms with van der Waals surface area (Å²) in [4.78, 5) is 0. The minimum atomic E-state index is -1.27. The van der Waals surface area contributed by atoms with Crippen LogP contribution in [0.25, 0.3) is 0 Å². The monoisotopic (exact) mass is 700 g/mol. The van der Waals surface area contributed by atoms with Gasteiger partial charge in [-0.25, -0.2) is 0 Å². The minimum absolute atomic E-state index is 0. The standard InChI is InChI=1S/2C16H11ClP.2ClH.Zr/c2*17-14-9-5-4-8-13(14)16-11-10-15(18-16)12-6-2-1-3-7-12;;;/h2*1-11H;2*1H;. The molecule has 0 radical (unpaired) electrons. The molecule has 2 heterocycles. The van der Waals surface area contributed by atoms with Crippen LogP contribution in [0.5, 0.6) is 0 Å². The van der Waals surface area contributed by atoms with Crippen molar-refractivity contribution in [2.45, 2.75) is 5.73 Å². The summed E-state index contributed by atoms with van der Waals surface area (Å²) in [7, 11) is 2.63. The average Bonchev–Trinajstić information content (AvgIpc) is 3.57. The maximum atomic E-state index is 6.67. The van der Waals surface area contributed by atoms with Crippen molar-refractivity contribution in [3.05, 3.63) is 166 Å². The summed E-state index contributed by atoms with van der Waals surface area (Å²) >= 11 is 12.1. The Hall–Kier alpha value is -1.26. The Balaban J connectivity index is 0.00000176. The summed E-state index contributed by atoms with van der Waals surface area (Å²) in [6.07, 6.45) is 9.61. The topological polar surface area (TPSA) is 0 Å². The fourth-order valence-electron chi connectivity index (χ4n) is 4.85. The molecule has 6 rings (SSSR count). The molecule has 4 aromatic carbocycles. The van der Waals surface area contributed by atoms with E-state index in [0.717, 1.165) is 21.2 Å². The molecule has 39 heavy (non-hydrogen) atoms. The second kappa shape index (κ2) is 13.2. The summed E-state index contributed by atoms with van der Waals surface area (Å²) in [6.45, 7) is 0. The Morgan fingerprint density at radius 3 is 1.23 bits per heavy atom. The van der Waals surface area contributed by atoms with Crippen LogP contribution < -0.4 is 0 Å². The zero-order valence-electron chi connectivity index (χ0n) is 20.7. The van der Waals surface area contributed by atoms with Crippen LogP contribution in [-0.4, -0.2) is 10.6 Å². The molecule has 194 valence electrons. The van der Waals surface area contributed by atoms with E-state index in [1.54, 1.807) is 0 Å². The van der Waals surface area contributed by atoms with E-state index < -0.39 is 23.2 Å². The summed E-state index contributed by atoms with van der Waals surface area (Å²) in [6, 6.07) is 38.6. The number of benzene rings is 4. The van der Waals surface area contributed by atoms with E-state index in [9.17, 15) is 0 Å². The first-order chi connectivity index (χ1) is 18.1. The quantitative estimate of drug-likeness (QED) is 0.176. The SMILES string of the molecule is Cl.Cl.Clc1ccccc1C1=P[C]([Zr][C]2(c3ccccc3)C=CC(c3ccccc3Cl)=P2)(c2ccccc2)C=C1. The van der Waals surface area contributed by atoms with E-state index in [1.807, 2.05) is 24.3 Å². The Morgan fingerprint density at radius 1 is 0.487 bits per heavy atom. The Labute approximate surface area is 267 Å². The Bertz CT molecular complexity index is 1470. The molecule has 0 bridgehead atoms. The van der Waals surface area contributed by atoms with Crippen LogP contribution in [0.1, 0.15) is 22.3 Å². The van der Waals surface area contributed by atoms with Gasteiger partial charge in [-0.15, -0.1) is 24.8 Å². The van der Waals surface area contributed by atoms with Crippen LogP contribution in [0.2, 0.25) is 10.0 Å². The van der Waals surface area contributed by atoms with Gasteiger partial charge < -0.3 is 0 Å². The fourth-order valence-corrected chi connectivity index (χ4v) is 17.1. The molecule has 0 nitrogen and oxygen atoms in total.